The van der Waals surface area contributed by atoms with Gasteiger partial charge in [-0.15, -0.1) is 0 Å². The first-order valence-corrected chi connectivity index (χ1v) is 4.84. The smallest absolute Gasteiger partial charge is 0.323 e. The molecule has 86 valence electrons. The van der Waals surface area contributed by atoms with E-state index in [2.05, 4.69) is 0 Å². The van der Waals surface area contributed by atoms with Gasteiger partial charge in [0.25, 0.3) is 0 Å². The van der Waals surface area contributed by atoms with Crippen LogP contribution in [0.5, 0.6) is 0 Å². The van der Waals surface area contributed by atoms with Crippen LogP contribution in [0.15, 0.2) is 24.3 Å². The molecule has 3 N–H and O–H groups in total. The molecule has 5 heteroatoms. The fourth-order valence-corrected chi connectivity index (χ4v) is 1.42. The van der Waals surface area contributed by atoms with Crippen LogP contribution in [0.25, 0.3) is 0 Å². The summed E-state index contributed by atoms with van der Waals surface area (Å²) in [5.74, 6) is -1.47. The molecule has 0 atom stereocenters. The van der Waals surface area contributed by atoms with E-state index in [4.69, 9.17) is 10.8 Å². The third kappa shape index (κ3) is 2.80. The number of carboxylic acids is 1. The Bertz CT molecular complexity index is 404. The van der Waals surface area contributed by atoms with E-state index in [-0.39, 0.29) is 13.1 Å². The van der Waals surface area contributed by atoms with Crippen molar-refractivity contribution in [3.63, 3.8) is 0 Å². The summed E-state index contributed by atoms with van der Waals surface area (Å²) in [6.45, 7) is 1.23. The number of benzene rings is 1. The first kappa shape index (κ1) is 12.2. The van der Waals surface area contributed by atoms with Gasteiger partial charge in [0.2, 0.25) is 5.91 Å². The molecule has 5 nitrogen and oxygen atoms in total. The summed E-state index contributed by atoms with van der Waals surface area (Å²) in [6.07, 6.45) is 0. The summed E-state index contributed by atoms with van der Waals surface area (Å²) in [5.41, 5.74) is 6.67. The number of carboxylic acid groups (broad SMARTS) is 1. The Morgan fingerprint density at radius 3 is 2.50 bits per heavy atom. The number of aryl methyl sites for hydroxylation is 1. The van der Waals surface area contributed by atoms with Crippen LogP contribution in [-0.4, -0.2) is 30.1 Å². The number of nitrogens with zero attached hydrogens (tertiary/aromatic N) is 1. The lowest BCUT2D eigenvalue weighted by molar-refractivity contribution is -0.136. The number of hydrogen-bond acceptors (Lipinski definition) is 3. The van der Waals surface area contributed by atoms with Crippen molar-refractivity contribution in [2.75, 3.05) is 18.0 Å². The third-order valence-corrected chi connectivity index (χ3v) is 2.18. The fourth-order valence-electron chi connectivity index (χ4n) is 1.42. The number of anilines is 1. The topological polar surface area (TPSA) is 83.6 Å². The number of rotatable bonds is 4. The van der Waals surface area contributed by atoms with Crippen LogP contribution in [0.2, 0.25) is 0 Å². The van der Waals surface area contributed by atoms with Crippen molar-refractivity contribution < 1.29 is 14.7 Å². The second-order valence-electron chi connectivity index (χ2n) is 3.36. The van der Waals surface area contributed by atoms with E-state index >= 15 is 0 Å². The van der Waals surface area contributed by atoms with E-state index in [9.17, 15) is 9.59 Å². The fraction of sp³-hybridized carbons (Fsp3) is 0.273. The van der Waals surface area contributed by atoms with Gasteiger partial charge < -0.3 is 10.8 Å². The Morgan fingerprint density at radius 2 is 2.00 bits per heavy atom. The molecular weight excluding hydrogens is 208 g/mol. The van der Waals surface area contributed by atoms with Crippen molar-refractivity contribution in [3.05, 3.63) is 29.8 Å². The third-order valence-electron chi connectivity index (χ3n) is 2.18. The van der Waals surface area contributed by atoms with Crippen molar-refractivity contribution >= 4 is 17.6 Å². The van der Waals surface area contributed by atoms with Crippen LogP contribution in [-0.2, 0) is 9.59 Å². The Morgan fingerprint density at radius 1 is 1.38 bits per heavy atom. The molecule has 0 fully saturated rings. The lowest BCUT2D eigenvalue weighted by atomic mass is 10.2. The molecule has 1 amide bonds. The summed E-state index contributed by atoms with van der Waals surface area (Å²) in [4.78, 5) is 23.4. The SMILES string of the molecule is Cc1ccccc1N(CC(=O)O)C(=O)CN. The molecule has 0 saturated carbocycles. The maximum Gasteiger partial charge on any atom is 0.323 e. The zero-order valence-electron chi connectivity index (χ0n) is 9.01. The maximum atomic E-state index is 11.5. The molecule has 0 unspecified atom stereocenters. The minimum atomic E-state index is -1.06. The summed E-state index contributed by atoms with van der Waals surface area (Å²) in [7, 11) is 0. The quantitative estimate of drug-likeness (QED) is 0.771. The lowest BCUT2D eigenvalue weighted by Crippen LogP contribution is -2.40. The minimum Gasteiger partial charge on any atom is -0.480 e. The number of carbonyl (C=O) groups excluding carboxylic acids is 1. The summed E-state index contributed by atoms with van der Waals surface area (Å²) < 4.78 is 0. The second kappa shape index (κ2) is 5.27. The zero-order valence-corrected chi connectivity index (χ0v) is 9.01. The highest BCUT2D eigenvalue weighted by Crippen LogP contribution is 2.18. The standard InChI is InChI=1S/C11H14N2O3/c1-8-4-2-3-5-9(8)13(7-11(15)16)10(14)6-12/h2-5H,6-7,12H2,1H3,(H,15,16). The number of para-hydroxylation sites is 1. The summed E-state index contributed by atoms with van der Waals surface area (Å²) in [6, 6.07) is 7.09. The molecule has 0 saturated heterocycles. The highest BCUT2D eigenvalue weighted by molar-refractivity contribution is 5.99. The molecule has 0 aliphatic rings. The lowest BCUT2D eigenvalue weighted by Gasteiger charge is -2.21. The Balaban J connectivity index is 3.06. The number of carbonyl (C=O) groups is 2. The average Bonchev–Trinajstić information content (AvgIpc) is 2.26. The first-order chi connectivity index (χ1) is 7.56. The van der Waals surface area contributed by atoms with E-state index < -0.39 is 11.9 Å². The van der Waals surface area contributed by atoms with Crippen LogP contribution in [0.4, 0.5) is 5.69 Å². The second-order valence-corrected chi connectivity index (χ2v) is 3.36. The van der Waals surface area contributed by atoms with Gasteiger partial charge in [-0.05, 0) is 18.6 Å². The van der Waals surface area contributed by atoms with Crippen molar-refractivity contribution in [3.8, 4) is 0 Å². The Kier molecular flexibility index (Phi) is 4.02. The molecule has 0 aromatic heterocycles. The van der Waals surface area contributed by atoms with Crippen LogP contribution >= 0.6 is 0 Å². The van der Waals surface area contributed by atoms with Crippen molar-refractivity contribution in [2.24, 2.45) is 5.73 Å². The number of amides is 1. The van der Waals surface area contributed by atoms with Crippen molar-refractivity contribution in [1.29, 1.82) is 0 Å². The predicted octanol–water partition coefficient (Wildman–Crippen LogP) is 0.371. The molecule has 1 rings (SSSR count). The van der Waals surface area contributed by atoms with Gasteiger partial charge in [0, 0.05) is 5.69 Å². The Hall–Kier alpha value is -1.88. The Labute approximate surface area is 93.5 Å². The van der Waals surface area contributed by atoms with Gasteiger partial charge in [-0.25, -0.2) is 0 Å². The van der Waals surface area contributed by atoms with Gasteiger partial charge in [-0.1, -0.05) is 18.2 Å². The average molecular weight is 222 g/mol. The van der Waals surface area contributed by atoms with Crippen LogP contribution in [0.1, 0.15) is 5.56 Å². The van der Waals surface area contributed by atoms with E-state index in [1.54, 1.807) is 12.1 Å². The maximum absolute atomic E-state index is 11.5. The van der Waals surface area contributed by atoms with Crippen LogP contribution < -0.4 is 10.6 Å². The van der Waals surface area contributed by atoms with E-state index in [1.165, 1.54) is 4.90 Å². The highest BCUT2D eigenvalue weighted by Gasteiger charge is 2.18. The van der Waals surface area contributed by atoms with Gasteiger partial charge >= 0.3 is 5.97 Å². The molecule has 0 heterocycles. The van der Waals surface area contributed by atoms with Crippen LogP contribution in [0, 0.1) is 6.92 Å². The number of nitrogens with two attached hydrogens (primary N) is 1. The largest absolute Gasteiger partial charge is 0.480 e. The molecular formula is C11H14N2O3. The minimum absolute atomic E-state index is 0.207. The normalized spacial score (nSPS) is 9.88. The molecule has 0 spiro atoms. The molecule has 0 aliphatic heterocycles. The van der Waals surface area contributed by atoms with Gasteiger partial charge in [0.1, 0.15) is 6.54 Å². The molecule has 0 bridgehead atoms. The molecule has 1 aromatic carbocycles. The molecule has 1 aromatic rings. The molecule has 0 aliphatic carbocycles. The van der Waals surface area contributed by atoms with E-state index in [0.29, 0.717) is 5.69 Å². The predicted molar refractivity (Wildman–Crippen MR) is 60.2 cm³/mol. The highest BCUT2D eigenvalue weighted by atomic mass is 16.4. The number of aliphatic carboxylic acids is 1. The van der Waals surface area contributed by atoms with Gasteiger partial charge in [-0.2, -0.15) is 0 Å². The molecule has 0 radical (unpaired) electrons. The van der Waals surface area contributed by atoms with Crippen molar-refractivity contribution in [2.45, 2.75) is 6.92 Å². The monoisotopic (exact) mass is 222 g/mol. The van der Waals surface area contributed by atoms with E-state index in [0.717, 1.165) is 5.56 Å². The van der Waals surface area contributed by atoms with E-state index in [1.807, 2.05) is 19.1 Å². The summed E-state index contributed by atoms with van der Waals surface area (Å²) in [5, 5.41) is 8.75. The molecule has 16 heavy (non-hydrogen) atoms. The zero-order chi connectivity index (χ0) is 12.1. The number of hydrogen-bond donors (Lipinski definition) is 2. The van der Waals surface area contributed by atoms with Gasteiger partial charge in [0.15, 0.2) is 0 Å². The summed E-state index contributed by atoms with van der Waals surface area (Å²) >= 11 is 0. The van der Waals surface area contributed by atoms with Gasteiger partial charge in [0.05, 0.1) is 6.54 Å². The van der Waals surface area contributed by atoms with Crippen molar-refractivity contribution in [1.82, 2.24) is 0 Å². The van der Waals surface area contributed by atoms with Crippen LogP contribution in [0.3, 0.4) is 0 Å². The first-order valence-electron chi connectivity index (χ1n) is 4.84. The van der Waals surface area contributed by atoms with Gasteiger partial charge in [-0.3, -0.25) is 14.5 Å².